The smallest absolute Gasteiger partial charge is 0.262 e. The van der Waals surface area contributed by atoms with E-state index in [1.165, 1.54) is 0 Å². The van der Waals surface area contributed by atoms with Crippen molar-refractivity contribution in [3.8, 4) is 11.8 Å². The van der Waals surface area contributed by atoms with E-state index in [9.17, 15) is 10.1 Å². The summed E-state index contributed by atoms with van der Waals surface area (Å²) in [6, 6.07) is 21.8. The zero-order valence-corrected chi connectivity index (χ0v) is 17.7. The molecule has 0 aromatic heterocycles. The molecule has 0 spiro atoms. The molecule has 0 saturated carbocycles. The second-order valence-corrected chi connectivity index (χ2v) is 7.42. The molecule has 0 unspecified atom stereocenters. The molecule has 3 aromatic carbocycles. The number of carbonyl (C=O) groups is 1. The maximum Gasteiger partial charge on any atom is 0.262 e. The number of carbonyl (C=O) groups excluding carboxylic acids is 1. The number of nitriles is 1. The molecule has 150 valence electrons. The summed E-state index contributed by atoms with van der Waals surface area (Å²) in [6.45, 7) is 1.83. The summed E-state index contributed by atoms with van der Waals surface area (Å²) >= 11 is 12.1. The Balaban J connectivity index is 1.70. The first-order valence-corrected chi connectivity index (χ1v) is 9.87. The van der Waals surface area contributed by atoms with Crippen LogP contribution in [0.1, 0.15) is 16.7 Å². The number of benzene rings is 3. The van der Waals surface area contributed by atoms with E-state index in [4.69, 9.17) is 27.9 Å². The minimum absolute atomic E-state index is 0.130. The second-order valence-electron chi connectivity index (χ2n) is 6.57. The summed E-state index contributed by atoms with van der Waals surface area (Å²) in [5.41, 5.74) is 3.51. The average molecular weight is 437 g/mol. The van der Waals surface area contributed by atoms with Gasteiger partial charge >= 0.3 is 0 Å². The molecule has 3 rings (SSSR count). The van der Waals surface area contributed by atoms with Crippen molar-refractivity contribution >= 4 is 46.4 Å². The quantitative estimate of drug-likeness (QED) is 0.359. The van der Waals surface area contributed by atoms with Crippen molar-refractivity contribution in [1.29, 1.82) is 5.26 Å². The van der Waals surface area contributed by atoms with Crippen molar-refractivity contribution in [3.05, 3.63) is 93.5 Å². The highest BCUT2D eigenvalue weighted by molar-refractivity contribution is 6.36. The maximum absolute atomic E-state index is 12.1. The van der Waals surface area contributed by atoms with Crippen LogP contribution in [-0.4, -0.2) is 12.5 Å². The Bertz CT molecular complexity index is 1150. The van der Waals surface area contributed by atoms with Gasteiger partial charge in [-0.25, -0.2) is 0 Å². The fourth-order valence-electron chi connectivity index (χ4n) is 2.81. The topological polar surface area (TPSA) is 62.1 Å². The lowest BCUT2D eigenvalue weighted by Crippen LogP contribution is -2.20. The lowest BCUT2D eigenvalue weighted by atomic mass is 10.0. The van der Waals surface area contributed by atoms with Crippen molar-refractivity contribution in [2.45, 2.75) is 6.92 Å². The van der Waals surface area contributed by atoms with E-state index in [1.807, 2.05) is 37.3 Å². The fraction of sp³-hybridized carbons (Fsp3) is 0.0833. The number of anilines is 1. The van der Waals surface area contributed by atoms with Gasteiger partial charge in [0.25, 0.3) is 5.91 Å². The first-order chi connectivity index (χ1) is 14.4. The van der Waals surface area contributed by atoms with Crippen LogP contribution >= 0.6 is 23.2 Å². The molecule has 0 aliphatic heterocycles. The van der Waals surface area contributed by atoms with Crippen LogP contribution in [0.4, 0.5) is 5.69 Å². The Kier molecular flexibility index (Phi) is 7.13. The monoisotopic (exact) mass is 436 g/mol. The molecule has 0 fully saturated rings. The number of ether oxygens (including phenoxy) is 1. The molecule has 3 aromatic rings. The van der Waals surface area contributed by atoms with E-state index < -0.39 is 0 Å². The van der Waals surface area contributed by atoms with Gasteiger partial charge in [0.15, 0.2) is 6.61 Å². The predicted molar refractivity (Wildman–Crippen MR) is 122 cm³/mol. The number of rotatable bonds is 6. The van der Waals surface area contributed by atoms with E-state index in [2.05, 4.69) is 11.4 Å². The van der Waals surface area contributed by atoms with Gasteiger partial charge in [0.1, 0.15) is 5.75 Å². The molecule has 30 heavy (non-hydrogen) atoms. The normalized spacial score (nSPS) is 10.9. The highest BCUT2D eigenvalue weighted by Gasteiger charge is 2.08. The Morgan fingerprint density at radius 1 is 1.10 bits per heavy atom. The SMILES string of the molecule is Cc1cccc(NC(=O)COc2cccc(/C=C(\C#N)c3ccc(Cl)cc3Cl)c2)c1. The van der Waals surface area contributed by atoms with Crippen molar-refractivity contribution < 1.29 is 9.53 Å². The third kappa shape index (κ3) is 5.87. The fourth-order valence-corrected chi connectivity index (χ4v) is 3.32. The number of aryl methyl sites for hydroxylation is 1. The number of amides is 1. The third-order valence-corrected chi connectivity index (χ3v) is 4.73. The average Bonchev–Trinajstić information content (AvgIpc) is 2.71. The number of allylic oxidation sites excluding steroid dienone is 1. The molecule has 0 radical (unpaired) electrons. The van der Waals surface area contributed by atoms with Crippen LogP contribution in [0.25, 0.3) is 11.6 Å². The zero-order chi connectivity index (χ0) is 21.5. The summed E-state index contributed by atoms with van der Waals surface area (Å²) in [5.74, 6) is 0.259. The summed E-state index contributed by atoms with van der Waals surface area (Å²) in [4.78, 5) is 12.1. The summed E-state index contributed by atoms with van der Waals surface area (Å²) < 4.78 is 5.60. The predicted octanol–water partition coefficient (Wildman–Crippen LogP) is 6.38. The largest absolute Gasteiger partial charge is 0.484 e. The van der Waals surface area contributed by atoms with Crippen molar-refractivity contribution in [2.75, 3.05) is 11.9 Å². The van der Waals surface area contributed by atoms with E-state index >= 15 is 0 Å². The molecule has 0 aliphatic carbocycles. The second kappa shape index (κ2) is 9.98. The third-order valence-electron chi connectivity index (χ3n) is 4.18. The van der Waals surface area contributed by atoms with Crippen molar-refractivity contribution in [2.24, 2.45) is 0 Å². The highest BCUT2D eigenvalue weighted by Crippen LogP contribution is 2.28. The lowest BCUT2D eigenvalue weighted by Gasteiger charge is -2.09. The van der Waals surface area contributed by atoms with Crippen LogP contribution in [0, 0.1) is 18.3 Å². The first kappa shape index (κ1) is 21.4. The van der Waals surface area contributed by atoms with Gasteiger partial charge in [-0.3, -0.25) is 4.79 Å². The molecule has 1 amide bonds. The Hall–Kier alpha value is -3.26. The number of hydrogen-bond acceptors (Lipinski definition) is 3. The van der Waals surface area contributed by atoms with Gasteiger partial charge in [0.2, 0.25) is 0 Å². The summed E-state index contributed by atoms with van der Waals surface area (Å²) in [5, 5.41) is 13.2. The van der Waals surface area contributed by atoms with Crippen LogP contribution in [-0.2, 0) is 4.79 Å². The van der Waals surface area contributed by atoms with E-state index in [0.29, 0.717) is 26.9 Å². The molecule has 1 N–H and O–H groups in total. The van der Waals surface area contributed by atoms with Gasteiger partial charge in [-0.15, -0.1) is 0 Å². The first-order valence-electron chi connectivity index (χ1n) is 9.11. The Labute approximate surface area is 185 Å². The highest BCUT2D eigenvalue weighted by atomic mass is 35.5. The molecule has 0 bridgehead atoms. The minimum Gasteiger partial charge on any atom is -0.484 e. The van der Waals surface area contributed by atoms with Crippen molar-refractivity contribution in [1.82, 2.24) is 0 Å². The van der Waals surface area contributed by atoms with E-state index in [-0.39, 0.29) is 12.5 Å². The summed E-state index contributed by atoms with van der Waals surface area (Å²) in [7, 11) is 0. The van der Waals surface area contributed by atoms with Gasteiger partial charge in [0.05, 0.1) is 16.7 Å². The van der Waals surface area contributed by atoms with Crippen LogP contribution in [0.5, 0.6) is 5.75 Å². The van der Waals surface area contributed by atoms with Crippen LogP contribution in [0.3, 0.4) is 0 Å². The number of hydrogen-bond donors (Lipinski definition) is 1. The van der Waals surface area contributed by atoms with Gasteiger partial charge in [-0.2, -0.15) is 5.26 Å². The molecule has 6 heteroatoms. The van der Waals surface area contributed by atoms with Gasteiger partial charge in [0, 0.05) is 16.3 Å². The molecule has 0 atom stereocenters. The van der Waals surface area contributed by atoms with Crippen molar-refractivity contribution in [3.63, 3.8) is 0 Å². The van der Waals surface area contributed by atoms with E-state index in [1.54, 1.807) is 42.5 Å². The zero-order valence-electron chi connectivity index (χ0n) is 16.2. The number of halogens is 2. The number of nitrogens with zero attached hydrogens (tertiary/aromatic N) is 1. The van der Waals surface area contributed by atoms with Gasteiger partial charge in [-0.05, 0) is 60.5 Å². The maximum atomic E-state index is 12.1. The van der Waals surface area contributed by atoms with Crippen LogP contribution in [0.2, 0.25) is 10.0 Å². The molecule has 0 heterocycles. The van der Waals surface area contributed by atoms with E-state index in [0.717, 1.165) is 16.8 Å². The molecule has 0 saturated heterocycles. The van der Waals surface area contributed by atoms with Gasteiger partial charge < -0.3 is 10.1 Å². The Morgan fingerprint density at radius 3 is 2.63 bits per heavy atom. The molecular weight excluding hydrogens is 419 g/mol. The Morgan fingerprint density at radius 2 is 1.90 bits per heavy atom. The van der Waals surface area contributed by atoms with Crippen LogP contribution < -0.4 is 10.1 Å². The molecule has 4 nitrogen and oxygen atoms in total. The number of nitrogens with one attached hydrogen (secondary N) is 1. The van der Waals surface area contributed by atoms with Gasteiger partial charge in [-0.1, -0.05) is 53.5 Å². The standard InChI is InChI=1S/C24H18Cl2N2O2/c1-16-4-2-6-20(10-16)28-24(29)15-30-21-7-3-5-17(12-21)11-18(14-27)22-9-8-19(25)13-23(22)26/h2-13H,15H2,1H3,(H,28,29)/b18-11+. The summed E-state index contributed by atoms with van der Waals surface area (Å²) in [6.07, 6.45) is 1.70. The minimum atomic E-state index is -0.257. The molecular formula is C24H18Cl2N2O2. The van der Waals surface area contributed by atoms with Crippen LogP contribution in [0.15, 0.2) is 66.7 Å². The lowest BCUT2D eigenvalue weighted by molar-refractivity contribution is -0.118. The molecule has 0 aliphatic rings.